The van der Waals surface area contributed by atoms with Gasteiger partial charge in [-0.05, 0) is 24.8 Å². The fourth-order valence-corrected chi connectivity index (χ4v) is 2.98. The Balaban J connectivity index is 1.94. The minimum atomic E-state index is -0.787. The van der Waals surface area contributed by atoms with Crippen molar-refractivity contribution < 1.29 is 9.90 Å². The van der Waals surface area contributed by atoms with Gasteiger partial charge in [0, 0.05) is 18.1 Å². The molecule has 0 bridgehead atoms. The Kier molecular flexibility index (Phi) is 3.73. The van der Waals surface area contributed by atoms with Crippen LogP contribution in [0.5, 0.6) is 0 Å². The predicted octanol–water partition coefficient (Wildman–Crippen LogP) is 2.71. The van der Waals surface area contributed by atoms with E-state index in [0.717, 1.165) is 23.7 Å². The molecule has 1 saturated heterocycles. The van der Waals surface area contributed by atoms with Gasteiger partial charge in [-0.2, -0.15) is 0 Å². The van der Waals surface area contributed by atoms with Gasteiger partial charge in [0.2, 0.25) is 5.95 Å². The third kappa shape index (κ3) is 2.68. The highest BCUT2D eigenvalue weighted by Crippen LogP contribution is 2.28. The van der Waals surface area contributed by atoms with Gasteiger partial charge in [0.15, 0.2) is 0 Å². The van der Waals surface area contributed by atoms with Crippen molar-refractivity contribution >= 4 is 22.8 Å². The third-order valence-electron chi connectivity index (χ3n) is 4.31. The number of carboxylic acid groups (broad SMARTS) is 1. The van der Waals surface area contributed by atoms with Crippen LogP contribution in [0.1, 0.15) is 26.2 Å². The van der Waals surface area contributed by atoms with E-state index in [9.17, 15) is 9.90 Å². The quantitative estimate of drug-likeness (QED) is 0.939. The van der Waals surface area contributed by atoms with Crippen molar-refractivity contribution in [1.29, 1.82) is 0 Å². The van der Waals surface area contributed by atoms with Crippen LogP contribution >= 0.6 is 0 Å². The number of hydrogen-bond donors (Lipinski definition) is 1. The summed E-state index contributed by atoms with van der Waals surface area (Å²) in [7, 11) is 0. The molecule has 2 aromatic rings. The normalized spacial score (nSPS) is 22.4. The fourth-order valence-electron chi connectivity index (χ4n) is 2.98. The van der Waals surface area contributed by atoms with Crippen molar-refractivity contribution in [3.8, 4) is 0 Å². The van der Waals surface area contributed by atoms with Gasteiger partial charge >= 0.3 is 5.97 Å². The number of hydrogen-bond acceptors (Lipinski definition) is 4. The Morgan fingerprint density at radius 2 is 2.24 bits per heavy atom. The molecule has 0 saturated carbocycles. The van der Waals surface area contributed by atoms with E-state index in [1.807, 2.05) is 29.2 Å². The van der Waals surface area contributed by atoms with E-state index in [1.165, 1.54) is 0 Å². The molecule has 0 radical (unpaired) electrons. The number of benzene rings is 1. The third-order valence-corrected chi connectivity index (χ3v) is 4.31. The van der Waals surface area contributed by atoms with Crippen molar-refractivity contribution in [1.82, 2.24) is 9.97 Å². The molecule has 110 valence electrons. The molecule has 1 aliphatic heterocycles. The highest BCUT2D eigenvalue weighted by atomic mass is 16.4. The lowest BCUT2D eigenvalue weighted by atomic mass is 9.89. The van der Waals surface area contributed by atoms with Gasteiger partial charge in [-0.15, -0.1) is 0 Å². The summed E-state index contributed by atoms with van der Waals surface area (Å²) < 4.78 is 0. The monoisotopic (exact) mass is 285 g/mol. The molecular weight excluding hydrogens is 266 g/mol. The number of aromatic nitrogens is 2. The van der Waals surface area contributed by atoms with Crippen molar-refractivity contribution in [3.63, 3.8) is 0 Å². The molecule has 1 fully saturated rings. The van der Waals surface area contributed by atoms with Gasteiger partial charge in [0.25, 0.3) is 0 Å². The van der Waals surface area contributed by atoms with Gasteiger partial charge in [0.05, 0.1) is 5.52 Å². The van der Waals surface area contributed by atoms with Crippen LogP contribution in [0.4, 0.5) is 5.95 Å². The second kappa shape index (κ2) is 5.68. The highest BCUT2D eigenvalue weighted by molar-refractivity contribution is 5.80. The average molecular weight is 285 g/mol. The van der Waals surface area contributed by atoms with Crippen LogP contribution < -0.4 is 4.90 Å². The standard InChI is InChI=1S/C16H19N3O2/c1-2-11-7-8-19(14(9-11)15(20)21)16-17-10-12-5-3-4-6-13(12)18-16/h3-6,10-11,14H,2,7-9H2,1H3,(H,20,21). The minimum Gasteiger partial charge on any atom is -0.480 e. The minimum absolute atomic E-state index is 0.475. The second-order valence-corrected chi connectivity index (χ2v) is 5.57. The lowest BCUT2D eigenvalue weighted by Crippen LogP contribution is -2.48. The number of rotatable bonds is 3. The molecular formula is C16H19N3O2. The van der Waals surface area contributed by atoms with Crippen molar-refractivity contribution in [3.05, 3.63) is 30.5 Å². The molecule has 5 heteroatoms. The van der Waals surface area contributed by atoms with Crippen LogP contribution in [0, 0.1) is 5.92 Å². The summed E-state index contributed by atoms with van der Waals surface area (Å²) in [5.74, 6) is 0.211. The largest absolute Gasteiger partial charge is 0.480 e. The molecule has 1 N–H and O–H groups in total. The zero-order valence-electron chi connectivity index (χ0n) is 12.1. The molecule has 0 spiro atoms. The van der Waals surface area contributed by atoms with Crippen LogP contribution in [0.15, 0.2) is 30.5 Å². The molecule has 0 aliphatic carbocycles. The summed E-state index contributed by atoms with van der Waals surface area (Å²) in [6.45, 7) is 2.82. The van der Waals surface area contributed by atoms with Gasteiger partial charge in [-0.25, -0.2) is 14.8 Å². The number of piperidine rings is 1. The molecule has 1 aromatic heterocycles. The van der Waals surface area contributed by atoms with E-state index in [4.69, 9.17) is 0 Å². The molecule has 2 atom stereocenters. The van der Waals surface area contributed by atoms with Gasteiger partial charge in [-0.3, -0.25) is 0 Å². The van der Waals surface area contributed by atoms with Crippen molar-refractivity contribution in [2.45, 2.75) is 32.2 Å². The number of aliphatic carboxylic acids is 1. The van der Waals surface area contributed by atoms with Gasteiger partial charge < -0.3 is 10.0 Å². The zero-order chi connectivity index (χ0) is 14.8. The van der Waals surface area contributed by atoms with Crippen LogP contribution in [0.3, 0.4) is 0 Å². The van der Waals surface area contributed by atoms with E-state index in [0.29, 0.717) is 24.8 Å². The summed E-state index contributed by atoms with van der Waals surface area (Å²) in [5, 5.41) is 10.5. The summed E-state index contributed by atoms with van der Waals surface area (Å²) in [6, 6.07) is 7.23. The van der Waals surface area contributed by atoms with E-state index >= 15 is 0 Å². The number of carbonyl (C=O) groups is 1. The molecule has 3 rings (SSSR count). The molecule has 21 heavy (non-hydrogen) atoms. The summed E-state index contributed by atoms with van der Waals surface area (Å²) >= 11 is 0. The Labute approximate surface area is 123 Å². The first kappa shape index (κ1) is 13.8. The fraction of sp³-hybridized carbons (Fsp3) is 0.438. The maximum atomic E-state index is 11.6. The SMILES string of the molecule is CCC1CCN(c2ncc3ccccc3n2)C(C(=O)O)C1. The molecule has 0 amide bonds. The summed E-state index contributed by atoms with van der Waals surface area (Å²) in [5.41, 5.74) is 0.851. The van der Waals surface area contributed by atoms with Crippen LogP contribution in [-0.4, -0.2) is 33.6 Å². The Hall–Kier alpha value is -2.17. The number of carboxylic acids is 1. The topological polar surface area (TPSA) is 66.3 Å². The highest BCUT2D eigenvalue weighted by Gasteiger charge is 2.34. The first-order valence-electron chi connectivity index (χ1n) is 7.40. The van der Waals surface area contributed by atoms with E-state index in [-0.39, 0.29) is 0 Å². The van der Waals surface area contributed by atoms with Crippen molar-refractivity contribution in [2.24, 2.45) is 5.92 Å². The molecule has 1 aliphatic rings. The Bertz CT molecular complexity index is 659. The zero-order valence-corrected chi connectivity index (χ0v) is 12.1. The lowest BCUT2D eigenvalue weighted by Gasteiger charge is -2.36. The van der Waals surface area contributed by atoms with E-state index in [2.05, 4.69) is 16.9 Å². The Morgan fingerprint density at radius 3 is 3.00 bits per heavy atom. The first-order chi connectivity index (χ1) is 10.2. The first-order valence-corrected chi connectivity index (χ1v) is 7.40. The second-order valence-electron chi connectivity index (χ2n) is 5.57. The maximum Gasteiger partial charge on any atom is 0.326 e. The molecule has 1 aromatic carbocycles. The van der Waals surface area contributed by atoms with Crippen LogP contribution in [-0.2, 0) is 4.79 Å². The van der Waals surface area contributed by atoms with Crippen molar-refractivity contribution in [2.75, 3.05) is 11.4 Å². The van der Waals surface area contributed by atoms with E-state index in [1.54, 1.807) is 6.20 Å². The lowest BCUT2D eigenvalue weighted by molar-refractivity contribution is -0.139. The van der Waals surface area contributed by atoms with Gasteiger partial charge in [0.1, 0.15) is 6.04 Å². The summed E-state index contributed by atoms with van der Waals surface area (Å²) in [6.07, 6.45) is 4.46. The smallest absolute Gasteiger partial charge is 0.326 e. The van der Waals surface area contributed by atoms with Gasteiger partial charge in [-0.1, -0.05) is 31.5 Å². The number of anilines is 1. The van der Waals surface area contributed by atoms with E-state index < -0.39 is 12.0 Å². The number of nitrogens with zero attached hydrogens (tertiary/aromatic N) is 3. The summed E-state index contributed by atoms with van der Waals surface area (Å²) in [4.78, 5) is 22.3. The predicted molar refractivity (Wildman–Crippen MR) is 81.3 cm³/mol. The molecule has 2 unspecified atom stereocenters. The average Bonchev–Trinajstić information content (AvgIpc) is 2.53. The Morgan fingerprint density at radius 1 is 1.43 bits per heavy atom. The molecule has 5 nitrogen and oxygen atoms in total. The molecule has 2 heterocycles. The van der Waals surface area contributed by atoms with Crippen LogP contribution in [0.25, 0.3) is 10.9 Å². The maximum absolute atomic E-state index is 11.6. The van der Waals surface area contributed by atoms with Crippen LogP contribution in [0.2, 0.25) is 0 Å². The number of fused-ring (bicyclic) bond motifs is 1. The number of para-hydroxylation sites is 1.